The highest BCUT2D eigenvalue weighted by atomic mass is 32.1. The fourth-order valence-corrected chi connectivity index (χ4v) is 3.08. The number of rotatable bonds is 2. The summed E-state index contributed by atoms with van der Waals surface area (Å²) in [6.07, 6.45) is 0. The molecular formula is C14H10N4S. The van der Waals surface area contributed by atoms with E-state index in [0.29, 0.717) is 0 Å². The summed E-state index contributed by atoms with van der Waals surface area (Å²) in [4.78, 5) is 0.902. The summed E-state index contributed by atoms with van der Waals surface area (Å²) in [5.41, 5.74) is 2.14. The average Bonchev–Trinajstić information content (AvgIpc) is 3.00. The molecule has 19 heavy (non-hydrogen) atoms. The summed E-state index contributed by atoms with van der Waals surface area (Å²) in [5, 5.41) is 11.7. The van der Waals surface area contributed by atoms with Gasteiger partial charge in [-0.2, -0.15) is 0 Å². The molecule has 2 aromatic carbocycles. The van der Waals surface area contributed by atoms with Crippen LogP contribution in [0.3, 0.4) is 0 Å². The van der Waals surface area contributed by atoms with E-state index in [1.807, 2.05) is 46.9 Å². The molecule has 0 spiro atoms. The van der Waals surface area contributed by atoms with Crippen molar-refractivity contribution in [2.45, 2.75) is 0 Å². The van der Waals surface area contributed by atoms with Crippen molar-refractivity contribution in [3.05, 3.63) is 54.6 Å². The lowest BCUT2D eigenvalue weighted by Gasteiger charge is -2.03. The van der Waals surface area contributed by atoms with Crippen LogP contribution in [0.4, 0.5) is 11.6 Å². The van der Waals surface area contributed by atoms with E-state index in [-0.39, 0.29) is 0 Å². The van der Waals surface area contributed by atoms with Crippen molar-refractivity contribution in [1.29, 1.82) is 0 Å². The van der Waals surface area contributed by atoms with Gasteiger partial charge in [0.05, 0.1) is 10.2 Å². The van der Waals surface area contributed by atoms with Crippen LogP contribution in [0.1, 0.15) is 0 Å². The van der Waals surface area contributed by atoms with Crippen molar-refractivity contribution < 1.29 is 0 Å². The van der Waals surface area contributed by atoms with Gasteiger partial charge >= 0.3 is 0 Å². The fraction of sp³-hybridized carbons (Fsp3) is 0. The zero-order valence-electron chi connectivity index (χ0n) is 9.95. The first kappa shape index (κ1) is 10.5. The lowest BCUT2D eigenvalue weighted by molar-refractivity contribution is 1.11. The second-order valence-electron chi connectivity index (χ2n) is 4.20. The Morgan fingerprint density at radius 3 is 2.58 bits per heavy atom. The Morgan fingerprint density at radius 2 is 1.68 bits per heavy atom. The molecule has 0 radical (unpaired) electrons. The molecular weight excluding hydrogens is 256 g/mol. The van der Waals surface area contributed by atoms with E-state index in [4.69, 9.17) is 0 Å². The summed E-state index contributed by atoms with van der Waals surface area (Å²) >= 11 is 1.64. The van der Waals surface area contributed by atoms with E-state index in [1.165, 1.54) is 4.70 Å². The SMILES string of the molecule is c1ccc(Nc2nnc3sc4ccccc4n23)cc1. The van der Waals surface area contributed by atoms with E-state index in [1.54, 1.807) is 11.3 Å². The normalized spacial score (nSPS) is 11.2. The summed E-state index contributed by atoms with van der Waals surface area (Å²) < 4.78 is 3.26. The van der Waals surface area contributed by atoms with Crippen LogP contribution >= 0.6 is 11.3 Å². The van der Waals surface area contributed by atoms with Gasteiger partial charge in [0, 0.05) is 5.69 Å². The van der Waals surface area contributed by atoms with Gasteiger partial charge in [0.15, 0.2) is 0 Å². The summed E-state index contributed by atoms with van der Waals surface area (Å²) in [7, 11) is 0. The first-order chi connectivity index (χ1) is 9.42. The molecule has 92 valence electrons. The lowest BCUT2D eigenvalue weighted by Crippen LogP contribution is -1.95. The molecule has 0 saturated heterocycles. The van der Waals surface area contributed by atoms with Crippen LogP contribution in [-0.2, 0) is 0 Å². The Balaban J connectivity index is 1.90. The second kappa shape index (κ2) is 4.07. The van der Waals surface area contributed by atoms with Crippen molar-refractivity contribution in [3.8, 4) is 0 Å². The predicted molar refractivity (Wildman–Crippen MR) is 78.1 cm³/mol. The maximum absolute atomic E-state index is 4.22. The number of hydrogen-bond acceptors (Lipinski definition) is 4. The highest BCUT2D eigenvalue weighted by Gasteiger charge is 2.11. The summed E-state index contributed by atoms with van der Waals surface area (Å²) in [6.45, 7) is 0. The van der Waals surface area contributed by atoms with Gasteiger partial charge in [-0.15, -0.1) is 10.2 Å². The number of nitrogens with zero attached hydrogens (tertiary/aromatic N) is 3. The van der Waals surface area contributed by atoms with Crippen LogP contribution in [0.2, 0.25) is 0 Å². The molecule has 0 amide bonds. The summed E-state index contributed by atoms with van der Waals surface area (Å²) in [5.74, 6) is 0.749. The minimum absolute atomic E-state index is 0.749. The summed E-state index contributed by atoms with van der Waals surface area (Å²) in [6, 6.07) is 18.2. The molecule has 2 heterocycles. The van der Waals surface area contributed by atoms with E-state index in [0.717, 1.165) is 22.1 Å². The van der Waals surface area contributed by atoms with Gasteiger partial charge in [0.25, 0.3) is 0 Å². The smallest absolute Gasteiger partial charge is 0.234 e. The first-order valence-corrected chi connectivity index (χ1v) is 6.78. The zero-order chi connectivity index (χ0) is 12.7. The Kier molecular flexibility index (Phi) is 2.25. The molecule has 0 fully saturated rings. The average molecular weight is 266 g/mol. The molecule has 4 nitrogen and oxygen atoms in total. The molecule has 4 rings (SSSR count). The molecule has 1 N–H and O–H groups in total. The fourth-order valence-electron chi connectivity index (χ4n) is 2.11. The topological polar surface area (TPSA) is 42.2 Å². The van der Waals surface area contributed by atoms with Crippen LogP contribution in [0.15, 0.2) is 54.6 Å². The third-order valence-electron chi connectivity index (χ3n) is 2.97. The number of para-hydroxylation sites is 2. The molecule has 0 saturated carbocycles. The minimum atomic E-state index is 0.749. The minimum Gasteiger partial charge on any atom is -0.324 e. The van der Waals surface area contributed by atoms with Gasteiger partial charge in [0.2, 0.25) is 10.9 Å². The largest absolute Gasteiger partial charge is 0.324 e. The maximum Gasteiger partial charge on any atom is 0.234 e. The zero-order valence-corrected chi connectivity index (χ0v) is 10.8. The number of fused-ring (bicyclic) bond motifs is 3. The Bertz CT molecular complexity index is 848. The van der Waals surface area contributed by atoms with Crippen molar-refractivity contribution >= 4 is 38.2 Å². The van der Waals surface area contributed by atoms with Gasteiger partial charge in [0.1, 0.15) is 0 Å². The third kappa shape index (κ3) is 1.67. The molecule has 0 bridgehead atoms. The highest BCUT2D eigenvalue weighted by Crippen LogP contribution is 2.28. The molecule has 0 aliphatic rings. The quantitative estimate of drug-likeness (QED) is 0.601. The first-order valence-electron chi connectivity index (χ1n) is 5.96. The number of hydrogen-bond donors (Lipinski definition) is 1. The van der Waals surface area contributed by atoms with Crippen LogP contribution in [0, 0.1) is 0 Å². The monoisotopic (exact) mass is 266 g/mol. The van der Waals surface area contributed by atoms with Crippen molar-refractivity contribution in [2.24, 2.45) is 0 Å². The number of thiazole rings is 1. The molecule has 5 heteroatoms. The number of nitrogens with one attached hydrogen (secondary N) is 1. The Morgan fingerprint density at radius 1 is 0.895 bits per heavy atom. The predicted octanol–water partition coefficient (Wildman–Crippen LogP) is 3.69. The second-order valence-corrected chi connectivity index (χ2v) is 5.21. The van der Waals surface area contributed by atoms with E-state index >= 15 is 0 Å². The van der Waals surface area contributed by atoms with E-state index in [2.05, 4.69) is 27.6 Å². The van der Waals surface area contributed by atoms with Crippen molar-refractivity contribution in [3.63, 3.8) is 0 Å². The molecule has 0 aliphatic heterocycles. The molecule has 4 aromatic rings. The number of benzene rings is 2. The molecule has 0 aliphatic carbocycles. The van der Waals surface area contributed by atoms with Crippen LogP contribution in [0.25, 0.3) is 15.2 Å². The Labute approximate surface area is 113 Å². The number of anilines is 2. The van der Waals surface area contributed by atoms with Crippen LogP contribution in [0.5, 0.6) is 0 Å². The standard InChI is InChI=1S/C14H10N4S/c1-2-6-10(7-3-1)15-13-16-17-14-18(13)11-8-4-5-9-12(11)19-14/h1-9H,(H,15,16). The van der Waals surface area contributed by atoms with Gasteiger partial charge in [-0.3, -0.25) is 4.40 Å². The third-order valence-corrected chi connectivity index (χ3v) is 3.98. The maximum atomic E-state index is 4.22. The van der Waals surface area contributed by atoms with Crippen LogP contribution < -0.4 is 5.32 Å². The van der Waals surface area contributed by atoms with Crippen molar-refractivity contribution in [1.82, 2.24) is 14.6 Å². The van der Waals surface area contributed by atoms with Gasteiger partial charge in [-0.1, -0.05) is 41.7 Å². The van der Waals surface area contributed by atoms with Gasteiger partial charge in [-0.25, -0.2) is 0 Å². The molecule has 2 aromatic heterocycles. The Hall–Kier alpha value is -2.40. The number of aromatic nitrogens is 3. The van der Waals surface area contributed by atoms with Gasteiger partial charge in [-0.05, 0) is 24.3 Å². The van der Waals surface area contributed by atoms with Crippen molar-refractivity contribution in [2.75, 3.05) is 5.32 Å². The molecule has 0 unspecified atom stereocenters. The highest BCUT2D eigenvalue weighted by molar-refractivity contribution is 7.23. The molecule has 0 atom stereocenters. The van der Waals surface area contributed by atoms with E-state index in [9.17, 15) is 0 Å². The van der Waals surface area contributed by atoms with Crippen LogP contribution in [-0.4, -0.2) is 14.6 Å². The van der Waals surface area contributed by atoms with Gasteiger partial charge < -0.3 is 5.32 Å². The van der Waals surface area contributed by atoms with E-state index < -0.39 is 0 Å². The lowest BCUT2D eigenvalue weighted by atomic mass is 10.3.